The Morgan fingerprint density at radius 3 is 2.42 bits per heavy atom. The van der Waals surface area contributed by atoms with Crippen molar-refractivity contribution in [3.63, 3.8) is 0 Å². The van der Waals surface area contributed by atoms with Gasteiger partial charge in [0.1, 0.15) is 4.21 Å². The maximum Gasteiger partial charge on any atom is 0.253 e. The fourth-order valence-electron chi connectivity index (χ4n) is 2.67. The molecule has 1 fully saturated rings. The number of carbonyl (C=O) groups excluding carboxylic acids is 1. The zero-order valence-corrected chi connectivity index (χ0v) is 16.6. The molecule has 0 radical (unpaired) electrons. The van der Waals surface area contributed by atoms with E-state index in [1.165, 1.54) is 11.3 Å². The number of carbonyl (C=O) groups is 1. The van der Waals surface area contributed by atoms with Gasteiger partial charge in [-0.25, -0.2) is 13.1 Å². The van der Waals surface area contributed by atoms with Gasteiger partial charge >= 0.3 is 0 Å². The van der Waals surface area contributed by atoms with Gasteiger partial charge in [0.15, 0.2) is 0 Å². The van der Waals surface area contributed by atoms with Gasteiger partial charge in [-0.05, 0) is 71.1 Å². The molecular formula is C16H17IN2O3S2. The van der Waals surface area contributed by atoms with Gasteiger partial charge in [0.05, 0.1) is 0 Å². The molecule has 24 heavy (non-hydrogen) atoms. The van der Waals surface area contributed by atoms with Gasteiger partial charge in [-0.1, -0.05) is 6.07 Å². The molecule has 8 heteroatoms. The lowest BCUT2D eigenvalue weighted by molar-refractivity contribution is 0.0711. The molecule has 3 rings (SSSR count). The Morgan fingerprint density at radius 2 is 1.83 bits per heavy atom. The minimum Gasteiger partial charge on any atom is -0.339 e. The summed E-state index contributed by atoms with van der Waals surface area (Å²) in [5.41, 5.74) is 0.674. The van der Waals surface area contributed by atoms with Crippen LogP contribution in [0.5, 0.6) is 0 Å². The molecule has 1 aliphatic heterocycles. The minimum atomic E-state index is -3.45. The van der Waals surface area contributed by atoms with Crippen molar-refractivity contribution in [3.05, 3.63) is 50.9 Å². The van der Waals surface area contributed by atoms with Crippen molar-refractivity contribution in [1.82, 2.24) is 9.62 Å². The van der Waals surface area contributed by atoms with Gasteiger partial charge in [-0.2, -0.15) is 0 Å². The van der Waals surface area contributed by atoms with Gasteiger partial charge < -0.3 is 4.90 Å². The average molecular weight is 476 g/mol. The molecule has 1 aromatic heterocycles. The smallest absolute Gasteiger partial charge is 0.253 e. The van der Waals surface area contributed by atoms with Crippen molar-refractivity contribution in [2.75, 3.05) is 13.1 Å². The second-order valence-corrected chi connectivity index (χ2v) is 9.76. The van der Waals surface area contributed by atoms with E-state index in [-0.39, 0.29) is 11.9 Å². The van der Waals surface area contributed by atoms with Gasteiger partial charge in [0, 0.05) is 28.3 Å². The number of sulfonamides is 1. The highest BCUT2D eigenvalue weighted by molar-refractivity contribution is 14.1. The molecule has 0 aliphatic carbocycles. The number of halogens is 1. The summed E-state index contributed by atoms with van der Waals surface area (Å²) in [5.74, 6) is 0.00552. The zero-order valence-electron chi connectivity index (χ0n) is 12.8. The molecule has 0 spiro atoms. The summed E-state index contributed by atoms with van der Waals surface area (Å²) in [6, 6.07) is 10.7. The highest BCUT2D eigenvalue weighted by Gasteiger charge is 2.27. The summed E-state index contributed by atoms with van der Waals surface area (Å²) in [4.78, 5) is 14.3. The first kappa shape index (κ1) is 17.8. The molecule has 0 bridgehead atoms. The normalized spacial score (nSPS) is 16.3. The molecule has 128 valence electrons. The summed E-state index contributed by atoms with van der Waals surface area (Å²) in [7, 11) is -3.45. The van der Waals surface area contributed by atoms with Crippen molar-refractivity contribution in [2.45, 2.75) is 23.1 Å². The fourth-order valence-corrected chi connectivity index (χ4v) is 5.34. The molecule has 0 saturated carbocycles. The lowest BCUT2D eigenvalue weighted by atomic mass is 10.0. The van der Waals surface area contributed by atoms with E-state index in [9.17, 15) is 13.2 Å². The van der Waals surface area contributed by atoms with Gasteiger partial charge in [0.2, 0.25) is 10.0 Å². The topological polar surface area (TPSA) is 66.5 Å². The highest BCUT2D eigenvalue weighted by Crippen LogP contribution is 2.20. The Labute approximate surface area is 159 Å². The predicted molar refractivity (Wildman–Crippen MR) is 103 cm³/mol. The van der Waals surface area contributed by atoms with Crippen molar-refractivity contribution >= 4 is 49.9 Å². The number of nitrogens with one attached hydrogen (secondary N) is 1. The van der Waals surface area contributed by atoms with Crippen LogP contribution < -0.4 is 4.72 Å². The van der Waals surface area contributed by atoms with Crippen molar-refractivity contribution in [1.29, 1.82) is 0 Å². The number of likely N-dealkylation sites (tertiary alicyclic amines) is 1. The lowest BCUT2D eigenvalue weighted by Crippen LogP contribution is -2.46. The van der Waals surface area contributed by atoms with Gasteiger partial charge in [-0.15, -0.1) is 11.3 Å². The molecule has 1 saturated heterocycles. The summed E-state index contributed by atoms with van der Waals surface area (Å²) >= 11 is 3.41. The van der Waals surface area contributed by atoms with E-state index in [1.54, 1.807) is 22.4 Å². The monoisotopic (exact) mass is 476 g/mol. The third-order valence-electron chi connectivity index (χ3n) is 3.96. The Balaban J connectivity index is 1.58. The van der Waals surface area contributed by atoms with E-state index >= 15 is 0 Å². The van der Waals surface area contributed by atoms with Crippen LogP contribution in [0.2, 0.25) is 0 Å². The molecule has 1 N–H and O–H groups in total. The van der Waals surface area contributed by atoms with Crippen molar-refractivity contribution in [2.24, 2.45) is 0 Å². The lowest BCUT2D eigenvalue weighted by Gasteiger charge is -2.32. The predicted octanol–water partition coefficient (Wildman–Crippen LogP) is 2.94. The number of benzene rings is 1. The number of piperidine rings is 1. The fraction of sp³-hybridized carbons (Fsp3) is 0.312. The summed E-state index contributed by atoms with van der Waals surface area (Å²) < 4.78 is 28.7. The van der Waals surface area contributed by atoms with E-state index in [4.69, 9.17) is 0 Å². The molecule has 1 aromatic carbocycles. The SMILES string of the molecule is O=C(c1ccc(I)cc1)N1CCC(NS(=O)(=O)c2cccs2)CC1. The molecule has 2 aromatic rings. The first-order valence-electron chi connectivity index (χ1n) is 7.56. The van der Waals surface area contributed by atoms with Crippen LogP contribution >= 0.6 is 33.9 Å². The number of hydrogen-bond acceptors (Lipinski definition) is 4. The number of amides is 1. The Hall–Kier alpha value is -0.970. The molecule has 2 heterocycles. The maximum absolute atomic E-state index is 12.5. The van der Waals surface area contributed by atoms with Crippen LogP contribution in [0.3, 0.4) is 0 Å². The summed E-state index contributed by atoms with van der Waals surface area (Å²) in [6.45, 7) is 1.12. The van der Waals surface area contributed by atoms with Gasteiger partial charge in [-0.3, -0.25) is 4.79 Å². The van der Waals surface area contributed by atoms with E-state index in [0.717, 1.165) is 3.57 Å². The third kappa shape index (κ3) is 4.16. The Bertz CT molecular complexity index is 796. The maximum atomic E-state index is 12.5. The summed E-state index contributed by atoms with van der Waals surface area (Å²) in [5, 5.41) is 1.75. The van der Waals surface area contributed by atoms with Crippen molar-refractivity contribution < 1.29 is 13.2 Å². The Morgan fingerprint density at radius 1 is 1.17 bits per heavy atom. The standard InChI is InChI=1S/C16H17IN2O3S2/c17-13-5-3-12(4-6-13)16(20)19-9-7-14(8-10-19)18-24(21,22)15-2-1-11-23-15/h1-6,11,14,18H,7-10H2. The van der Waals surface area contributed by atoms with E-state index in [2.05, 4.69) is 27.3 Å². The highest BCUT2D eigenvalue weighted by atomic mass is 127. The summed E-state index contributed by atoms with van der Waals surface area (Å²) in [6.07, 6.45) is 1.25. The number of rotatable bonds is 4. The van der Waals surface area contributed by atoms with Gasteiger partial charge in [0.25, 0.3) is 5.91 Å². The van der Waals surface area contributed by atoms with Crippen LogP contribution in [-0.2, 0) is 10.0 Å². The number of hydrogen-bond donors (Lipinski definition) is 1. The third-order valence-corrected chi connectivity index (χ3v) is 7.59. The molecule has 1 aliphatic rings. The number of nitrogens with zero attached hydrogens (tertiary/aromatic N) is 1. The van der Waals surface area contributed by atoms with Crippen LogP contribution in [0.1, 0.15) is 23.2 Å². The Kier molecular flexibility index (Phi) is 5.58. The molecular weight excluding hydrogens is 459 g/mol. The first-order valence-corrected chi connectivity index (χ1v) is 11.0. The van der Waals surface area contributed by atoms with E-state index in [0.29, 0.717) is 35.7 Å². The minimum absolute atomic E-state index is 0.00552. The van der Waals surface area contributed by atoms with E-state index < -0.39 is 10.0 Å². The average Bonchev–Trinajstić information content (AvgIpc) is 3.11. The van der Waals surface area contributed by atoms with Crippen LogP contribution in [0.25, 0.3) is 0 Å². The second-order valence-electron chi connectivity index (χ2n) is 5.63. The second kappa shape index (κ2) is 7.51. The van der Waals surface area contributed by atoms with Crippen LogP contribution in [0.15, 0.2) is 46.0 Å². The quantitative estimate of drug-likeness (QED) is 0.691. The molecule has 0 unspecified atom stereocenters. The van der Waals surface area contributed by atoms with E-state index in [1.807, 2.05) is 24.3 Å². The molecule has 1 amide bonds. The van der Waals surface area contributed by atoms with Crippen LogP contribution in [0, 0.1) is 3.57 Å². The van der Waals surface area contributed by atoms with Crippen LogP contribution in [0.4, 0.5) is 0 Å². The largest absolute Gasteiger partial charge is 0.339 e. The first-order chi connectivity index (χ1) is 11.5. The van der Waals surface area contributed by atoms with Crippen LogP contribution in [-0.4, -0.2) is 38.4 Å². The number of thiophene rings is 1. The molecule has 0 atom stereocenters. The zero-order chi connectivity index (χ0) is 17.2. The molecule has 5 nitrogen and oxygen atoms in total. The van der Waals surface area contributed by atoms with Crippen molar-refractivity contribution in [3.8, 4) is 0 Å².